The van der Waals surface area contributed by atoms with Gasteiger partial charge in [0.05, 0.1) is 6.04 Å². The lowest BCUT2D eigenvalue weighted by molar-refractivity contribution is -0.125. The van der Waals surface area contributed by atoms with Crippen molar-refractivity contribution in [3.63, 3.8) is 0 Å². The van der Waals surface area contributed by atoms with Crippen LogP contribution < -0.4 is 10.2 Å². The number of piperazine rings is 1. The minimum absolute atomic E-state index is 0.0123. The fourth-order valence-corrected chi connectivity index (χ4v) is 2.57. The Hall–Kier alpha value is -1.39. The Bertz CT molecular complexity index is 447. The van der Waals surface area contributed by atoms with E-state index in [1.165, 1.54) is 5.56 Å². The van der Waals surface area contributed by atoms with Crippen LogP contribution in [0.2, 0.25) is 0 Å². The van der Waals surface area contributed by atoms with Crippen LogP contribution in [0.5, 0.6) is 0 Å². The van der Waals surface area contributed by atoms with Crippen LogP contribution in [-0.2, 0) is 4.79 Å². The Morgan fingerprint density at radius 3 is 2.84 bits per heavy atom. The fraction of sp³-hybridized carbons (Fsp3) is 0.533. The molecule has 1 saturated heterocycles. The first-order chi connectivity index (χ1) is 9.13. The largest absolute Gasteiger partial charge is 0.320 e. The zero-order valence-electron chi connectivity index (χ0n) is 12.0. The molecular weight excluding hydrogens is 238 g/mol. The molecule has 1 aliphatic heterocycles. The Balaban J connectivity index is 2.16. The first kappa shape index (κ1) is 14.0. The number of hydrogen-bond acceptors (Lipinski definition) is 3. The lowest BCUT2D eigenvalue weighted by Gasteiger charge is -2.38. The molecule has 0 aliphatic carbocycles. The van der Waals surface area contributed by atoms with Gasteiger partial charge in [0.1, 0.15) is 0 Å². The van der Waals surface area contributed by atoms with Gasteiger partial charge in [0.15, 0.2) is 0 Å². The second-order valence-corrected chi connectivity index (χ2v) is 5.22. The standard InChI is InChI=1S/C15H23N3O/c1-12-5-4-6-13(11-12)18-10-9-17(3)14(15(18)19)7-8-16-2/h4-6,11,14,16H,7-10H2,1-3H3. The zero-order chi connectivity index (χ0) is 13.8. The highest BCUT2D eigenvalue weighted by molar-refractivity contribution is 5.98. The van der Waals surface area contributed by atoms with Gasteiger partial charge < -0.3 is 10.2 Å². The van der Waals surface area contributed by atoms with Gasteiger partial charge in [-0.2, -0.15) is 0 Å². The third-order valence-corrected chi connectivity index (χ3v) is 3.74. The zero-order valence-corrected chi connectivity index (χ0v) is 12.0. The molecule has 1 N–H and O–H groups in total. The number of benzene rings is 1. The summed E-state index contributed by atoms with van der Waals surface area (Å²) in [5.41, 5.74) is 2.21. The van der Waals surface area contributed by atoms with Gasteiger partial charge in [-0.15, -0.1) is 0 Å². The molecule has 0 bridgehead atoms. The molecule has 1 atom stereocenters. The molecule has 1 aromatic rings. The number of amides is 1. The van der Waals surface area contributed by atoms with E-state index in [9.17, 15) is 4.79 Å². The van der Waals surface area contributed by atoms with Crippen LogP contribution in [0.15, 0.2) is 24.3 Å². The van der Waals surface area contributed by atoms with Crippen LogP contribution in [0.3, 0.4) is 0 Å². The van der Waals surface area contributed by atoms with Gasteiger partial charge in [0, 0.05) is 18.8 Å². The van der Waals surface area contributed by atoms with Crippen LogP contribution >= 0.6 is 0 Å². The van der Waals surface area contributed by atoms with E-state index >= 15 is 0 Å². The summed E-state index contributed by atoms with van der Waals surface area (Å²) in [6.07, 6.45) is 0.855. The van der Waals surface area contributed by atoms with Crippen molar-refractivity contribution in [3.8, 4) is 0 Å². The Labute approximate surface area is 115 Å². The molecule has 0 radical (unpaired) electrons. The highest BCUT2D eigenvalue weighted by atomic mass is 16.2. The molecule has 1 aliphatic rings. The van der Waals surface area contributed by atoms with Gasteiger partial charge in [-0.25, -0.2) is 0 Å². The van der Waals surface area contributed by atoms with Crippen molar-refractivity contribution < 1.29 is 4.79 Å². The van der Waals surface area contributed by atoms with Crippen LogP contribution in [0, 0.1) is 6.92 Å². The third kappa shape index (κ3) is 3.14. The fourth-order valence-electron chi connectivity index (χ4n) is 2.57. The average Bonchev–Trinajstić information content (AvgIpc) is 2.38. The molecule has 4 heteroatoms. The number of nitrogens with one attached hydrogen (secondary N) is 1. The van der Waals surface area contributed by atoms with Gasteiger partial charge in [0.25, 0.3) is 0 Å². The van der Waals surface area contributed by atoms with Crippen molar-refractivity contribution in [2.75, 3.05) is 38.6 Å². The van der Waals surface area contributed by atoms with Crippen LogP contribution in [-0.4, -0.2) is 50.6 Å². The summed E-state index contributed by atoms with van der Waals surface area (Å²) in [5.74, 6) is 0.217. The molecule has 1 aromatic carbocycles. The molecule has 19 heavy (non-hydrogen) atoms. The van der Waals surface area contributed by atoms with Crippen LogP contribution in [0.4, 0.5) is 5.69 Å². The van der Waals surface area contributed by atoms with Gasteiger partial charge in [-0.1, -0.05) is 12.1 Å². The maximum atomic E-state index is 12.6. The number of hydrogen-bond donors (Lipinski definition) is 1. The second-order valence-electron chi connectivity index (χ2n) is 5.22. The molecule has 4 nitrogen and oxygen atoms in total. The van der Waals surface area contributed by atoms with E-state index in [0.717, 1.165) is 31.7 Å². The summed E-state index contributed by atoms with van der Waals surface area (Å²) in [6, 6.07) is 8.16. The molecule has 0 spiro atoms. The summed E-state index contributed by atoms with van der Waals surface area (Å²) < 4.78 is 0. The molecule has 1 heterocycles. The van der Waals surface area contributed by atoms with E-state index in [4.69, 9.17) is 0 Å². The van der Waals surface area contributed by atoms with Crippen molar-refractivity contribution in [1.82, 2.24) is 10.2 Å². The van der Waals surface area contributed by atoms with E-state index in [1.54, 1.807) is 0 Å². The highest BCUT2D eigenvalue weighted by Gasteiger charge is 2.32. The Morgan fingerprint density at radius 1 is 1.37 bits per heavy atom. The highest BCUT2D eigenvalue weighted by Crippen LogP contribution is 2.21. The van der Waals surface area contributed by atoms with E-state index in [-0.39, 0.29) is 11.9 Å². The van der Waals surface area contributed by atoms with E-state index in [0.29, 0.717) is 0 Å². The lowest BCUT2D eigenvalue weighted by atomic mass is 10.1. The molecule has 2 rings (SSSR count). The van der Waals surface area contributed by atoms with Crippen molar-refractivity contribution in [3.05, 3.63) is 29.8 Å². The van der Waals surface area contributed by atoms with Crippen molar-refractivity contribution in [1.29, 1.82) is 0 Å². The summed E-state index contributed by atoms with van der Waals surface area (Å²) >= 11 is 0. The number of nitrogens with zero attached hydrogens (tertiary/aromatic N) is 2. The van der Waals surface area contributed by atoms with Gasteiger partial charge in [-0.3, -0.25) is 9.69 Å². The minimum Gasteiger partial charge on any atom is -0.320 e. The van der Waals surface area contributed by atoms with E-state index in [1.807, 2.05) is 31.1 Å². The number of aryl methyl sites for hydroxylation is 1. The topological polar surface area (TPSA) is 35.6 Å². The SMILES string of the molecule is CNCCC1C(=O)N(c2cccc(C)c2)CCN1C. The number of carbonyl (C=O) groups excluding carboxylic acids is 1. The second kappa shape index (κ2) is 6.17. The quantitative estimate of drug-likeness (QED) is 0.886. The van der Waals surface area contributed by atoms with Crippen molar-refractivity contribution >= 4 is 11.6 Å². The summed E-state index contributed by atoms with van der Waals surface area (Å²) in [4.78, 5) is 16.7. The Kier molecular flexibility index (Phi) is 4.56. The number of anilines is 1. The van der Waals surface area contributed by atoms with E-state index in [2.05, 4.69) is 29.3 Å². The lowest BCUT2D eigenvalue weighted by Crippen LogP contribution is -2.56. The van der Waals surface area contributed by atoms with Crippen molar-refractivity contribution in [2.45, 2.75) is 19.4 Å². The predicted octanol–water partition coefficient (Wildman–Crippen LogP) is 1.25. The van der Waals surface area contributed by atoms with Gasteiger partial charge in [-0.05, 0) is 51.7 Å². The molecule has 0 saturated carbocycles. The van der Waals surface area contributed by atoms with E-state index < -0.39 is 0 Å². The van der Waals surface area contributed by atoms with Crippen molar-refractivity contribution in [2.24, 2.45) is 0 Å². The maximum Gasteiger partial charge on any atom is 0.244 e. The summed E-state index contributed by atoms with van der Waals surface area (Å²) in [5, 5.41) is 3.12. The van der Waals surface area contributed by atoms with Gasteiger partial charge >= 0.3 is 0 Å². The molecule has 0 aromatic heterocycles. The number of likely N-dealkylation sites (N-methyl/N-ethyl adjacent to an activating group) is 1. The summed E-state index contributed by atoms with van der Waals surface area (Å²) in [7, 11) is 3.96. The summed E-state index contributed by atoms with van der Waals surface area (Å²) in [6.45, 7) is 4.62. The first-order valence-corrected chi connectivity index (χ1v) is 6.86. The molecule has 1 unspecified atom stereocenters. The van der Waals surface area contributed by atoms with Crippen LogP contribution in [0.1, 0.15) is 12.0 Å². The van der Waals surface area contributed by atoms with Crippen LogP contribution in [0.25, 0.3) is 0 Å². The van der Waals surface area contributed by atoms with Gasteiger partial charge in [0.2, 0.25) is 5.91 Å². The Morgan fingerprint density at radius 2 is 2.16 bits per heavy atom. The monoisotopic (exact) mass is 261 g/mol. The maximum absolute atomic E-state index is 12.6. The predicted molar refractivity (Wildman–Crippen MR) is 78.5 cm³/mol. The normalized spacial score (nSPS) is 20.9. The minimum atomic E-state index is -0.0123. The third-order valence-electron chi connectivity index (χ3n) is 3.74. The molecule has 1 fully saturated rings. The average molecular weight is 261 g/mol. The number of carbonyl (C=O) groups is 1. The molecular formula is C15H23N3O. The molecule has 104 valence electrons. The number of rotatable bonds is 4. The first-order valence-electron chi connectivity index (χ1n) is 6.86. The molecule has 1 amide bonds. The smallest absolute Gasteiger partial charge is 0.244 e.